The number of alkyl halides is 1. The molecule has 4 aliphatic carbocycles. The molecule has 12 heteroatoms. The summed E-state index contributed by atoms with van der Waals surface area (Å²) in [5, 5.41) is 28.2. The Balaban J connectivity index is 1.45. The maximum Gasteiger partial charge on any atom is 0.308 e. The molecule has 0 aromatic heterocycles. The largest absolute Gasteiger partial charge is 0.457 e. The topological polar surface area (TPSA) is 152 Å². The maximum absolute atomic E-state index is 17.4. The van der Waals surface area contributed by atoms with E-state index in [-0.39, 0.29) is 25.2 Å². The fourth-order valence-electron chi connectivity index (χ4n) is 8.34. The van der Waals surface area contributed by atoms with Gasteiger partial charge in [0.2, 0.25) is 5.78 Å². The van der Waals surface area contributed by atoms with Crippen LogP contribution in [-0.4, -0.2) is 80.9 Å². The SMILES string of the molecule is CC1(C)O[C@@H]2C[C@H]3C4CCC5=CC(=O)C=C[C@]5(C)[C@@]4(F)[C@@H](O)C[C@]3(C)[C@]2(C(=O)COC(=O)CCON(O)O)O1. The smallest absolute Gasteiger partial charge is 0.308 e. The molecule has 1 saturated heterocycles. The van der Waals surface area contributed by atoms with Crippen molar-refractivity contribution < 1.29 is 53.3 Å². The Kier molecular flexibility index (Phi) is 6.74. The van der Waals surface area contributed by atoms with Crippen molar-refractivity contribution in [2.45, 2.75) is 89.1 Å². The standard InChI is InChI=1S/C27H36FNO10/c1-23(2)38-21-12-18-17-6-5-15-11-16(30)7-9-24(15,3)26(17,28)19(31)13-25(18,4)27(21,39-23)20(32)14-36-22(33)8-10-37-29(34)35/h7,9,11,17-19,21,31,34-35H,5-6,8,10,12-14H2,1-4H3/t17?,18-,19-,21+,24-,25-,26-,27+/m0/s1. The summed E-state index contributed by atoms with van der Waals surface area (Å²) >= 11 is 0. The van der Waals surface area contributed by atoms with Crippen molar-refractivity contribution in [3.05, 3.63) is 23.8 Å². The van der Waals surface area contributed by atoms with Crippen LogP contribution in [0.1, 0.15) is 59.8 Å². The number of ketones is 2. The van der Waals surface area contributed by atoms with E-state index in [1.807, 2.05) is 6.92 Å². The summed E-state index contributed by atoms with van der Waals surface area (Å²) in [5.41, 5.74) is -5.22. The van der Waals surface area contributed by atoms with Crippen LogP contribution in [0.5, 0.6) is 0 Å². The van der Waals surface area contributed by atoms with E-state index in [0.717, 1.165) is 0 Å². The second-order valence-electron chi connectivity index (χ2n) is 12.3. The van der Waals surface area contributed by atoms with Crippen molar-refractivity contribution in [1.29, 1.82) is 0 Å². The summed E-state index contributed by atoms with van der Waals surface area (Å²) in [5.74, 6) is -3.74. The Morgan fingerprint density at radius 1 is 1.21 bits per heavy atom. The van der Waals surface area contributed by atoms with Crippen molar-refractivity contribution in [2.24, 2.45) is 22.7 Å². The Hall–Kier alpha value is -2.06. The lowest BCUT2D eigenvalue weighted by molar-refractivity contribution is -0.492. The number of nitrogens with zero attached hydrogens (tertiary/aromatic N) is 1. The van der Waals surface area contributed by atoms with Crippen LogP contribution in [0.4, 0.5) is 4.39 Å². The van der Waals surface area contributed by atoms with Gasteiger partial charge in [-0.2, -0.15) is 0 Å². The van der Waals surface area contributed by atoms with Crippen LogP contribution in [0, 0.1) is 22.7 Å². The lowest BCUT2D eigenvalue weighted by Gasteiger charge is -2.62. The third-order valence-electron chi connectivity index (χ3n) is 9.93. The molecule has 0 aromatic carbocycles. The van der Waals surface area contributed by atoms with E-state index in [4.69, 9.17) is 24.6 Å². The lowest BCUT2D eigenvalue weighted by atomic mass is 9.44. The van der Waals surface area contributed by atoms with Crippen molar-refractivity contribution in [2.75, 3.05) is 13.2 Å². The van der Waals surface area contributed by atoms with Crippen molar-refractivity contribution in [1.82, 2.24) is 5.39 Å². The minimum absolute atomic E-state index is 0.0956. The third-order valence-corrected chi connectivity index (χ3v) is 9.93. The molecule has 3 saturated carbocycles. The number of ether oxygens (including phenoxy) is 3. The highest BCUT2D eigenvalue weighted by Gasteiger charge is 2.80. The van der Waals surface area contributed by atoms with Crippen LogP contribution in [0.25, 0.3) is 0 Å². The second-order valence-corrected chi connectivity index (χ2v) is 12.3. The monoisotopic (exact) mass is 553 g/mol. The maximum atomic E-state index is 17.4. The molecule has 4 fully saturated rings. The summed E-state index contributed by atoms with van der Waals surface area (Å²) in [6.07, 6.45) is 2.93. The predicted octanol–water partition coefficient (Wildman–Crippen LogP) is 2.37. The second kappa shape index (κ2) is 9.23. The van der Waals surface area contributed by atoms with E-state index in [0.29, 0.717) is 24.8 Å². The van der Waals surface area contributed by atoms with Gasteiger partial charge in [0.05, 0.1) is 30.6 Å². The number of Topliss-reactive ketones (excluding diaryl/α,β-unsaturated/α-hetero) is 1. The quantitative estimate of drug-likeness (QED) is 0.315. The Labute approximate surface area is 225 Å². The van der Waals surface area contributed by atoms with Crippen molar-refractivity contribution >= 4 is 17.5 Å². The molecular formula is C27H36FNO10. The highest BCUT2D eigenvalue weighted by Crippen LogP contribution is 2.72. The van der Waals surface area contributed by atoms with Crippen LogP contribution in [0.3, 0.4) is 0 Å². The van der Waals surface area contributed by atoms with Gasteiger partial charge in [-0.3, -0.25) is 29.6 Å². The fourth-order valence-corrected chi connectivity index (χ4v) is 8.34. The number of allylic oxidation sites excluding steroid dienone is 4. The molecule has 1 heterocycles. The van der Waals surface area contributed by atoms with Gasteiger partial charge in [0.1, 0.15) is 0 Å². The van der Waals surface area contributed by atoms with Crippen LogP contribution in [0.2, 0.25) is 0 Å². The Morgan fingerprint density at radius 2 is 1.92 bits per heavy atom. The molecule has 1 unspecified atom stereocenters. The minimum Gasteiger partial charge on any atom is -0.457 e. The van der Waals surface area contributed by atoms with Gasteiger partial charge in [0.15, 0.2) is 29.4 Å². The van der Waals surface area contributed by atoms with Crippen LogP contribution >= 0.6 is 0 Å². The summed E-state index contributed by atoms with van der Waals surface area (Å²) in [6.45, 7) is 5.88. The number of esters is 1. The van der Waals surface area contributed by atoms with Gasteiger partial charge in [-0.05, 0) is 64.5 Å². The minimum atomic E-state index is -2.07. The van der Waals surface area contributed by atoms with Crippen LogP contribution in [0.15, 0.2) is 23.8 Å². The Morgan fingerprint density at radius 3 is 2.62 bits per heavy atom. The number of rotatable bonds is 7. The van der Waals surface area contributed by atoms with Crippen molar-refractivity contribution in [3.63, 3.8) is 0 Å². The molecule has 0 bridgehead atoms. The molecule has 0 amide bonds. The Bertz CT molecular complexity index is 1140. The van der Waals surface area contributed by atoms with Gasteiger partial charge in [-0.15, -0.1) is 0 Å². The number of hydrogen-bond acceptors (Lipinski definition) is 11. The van der Waals surface area contributed by atoms with Gasteiger partial charge in [0.25, 0.3) is 0 Å². The van der Waals surface area contributed by atoms with Gasteiger partial charge < -0.3 is 19.3 Å². The molecule has 0 aromatic rings. The predicted molar refractivity (Wildman–Crippen MR) is 128 cm³/mol. The summed E-state index contributed by atoms with van der Waals surface area (Å²) in [4.78, 5) is 42.5. The zero-order valence-electron chi connectivity index (χ0n) is 22.5. The normalized spacial score (nSPS) is 43.8. The molecule has 5 aliphatic rings. The van der Waals surface area contributed by atoms with Gasteiger partial charge in [-0.1, -0.05) is 18.6 Å². The number of aliphatic hydroxyl groups is 1. The summed E-state index contributed by atoms with van der Waals surface area (Å²) < 4.78 is 35.2. The molecule has 0 radical (unpaired) electrons. The lowest BCUT2D eigenvalue weighted by Crippen LogP contribution is -2.70. The van der Waals surface area contributed by atoms with E-state index in [9.17, 15) is 19.5 Å². The molecule has 8 atom stereocenters. The molecule has 11 nitrogen and oxygen atoms in total. The van der Waals surface area contributed by atoms with E-state index in [2.05, 4.69) is 4.84 Å². The molecule has 5 rings (SSSR count). The number of carbonyl (C=O) groups excluding carboxylic acids is 3. The number of carbonyl (C=O) groups is 3. The third kappa shape index (κ3) is 3.98. The van der Waals surface area contributed by atoms with E-state index < -0.39 is 75.7 Å². The molecule has 3 N–H and O–H groups in total. The highest BCUT2D eigenvalue weighted by atomic mass is 19.1. The van der Waals surface area contributed by atoms with E-state index >= 15 is 4.39 Å². The molecule has 216 valence electrons. The zero-order chi connectivity index (χ0) is 28.6. The summed E-state index contributed by atoms with van der Waals surface area (Å²) in [6, 6.07) is 0. The first kappa shape index (κ1) is 28.5. The first-order chi connectivity index (χ1) is 18.1. The molecule has 0 spiro atoms. The molecule has 39 heavy (non-hydrogen) atoms. The van der Waals surface area contributed by atoms with Crippen molar-refractivity contribution in [3.8, 4) is 0 Å². The summed E-state index contributed by atoms with van der Waals surface area (Å²) in [7, 11) is 0. The zero-order valence-corrected chi connectivity index (χ0v) is 22.5. The number of halogens is 1. The molecule has 1 aliphatic heterocycles. The first-order valence-corrected chi connectivity index (χ1v) is 13.3. The molecular weight excluding hydrogens is 517 g/mol. The number of aliphatic hydroxyl groups excluding tert-OH is 1. The van der Waals surface area contributed by atoms with E-state index in [1.54, 1.807) is 26.8 Å². The first-order valence-electron chi connectivity index (χ1n) is 13.3. The van der Waals surface area contributed by atoms with Gasteiger partial charge >= 0.3 is 5.97 Å². The average Bonchev–Trinajstić information content (AvgIpc) is 3.24. The van der Waals surface area contributed by atoms with E-state index in [1.165, 1.54) is 12.2 Å². The van der Waals surface area contributed by atoms with Gasteiger partial charge in [0, 0.05) is 16.7 Å². The number of hydrogen-bond donors (Lipinski definition) is 3. The van der Waals surface area contributed by atoms with Gasteiger partial charge in [-0.25, -0.2) is 4.39 Å². The highest BCUT2D eigenvalue weighted by molar-refractivity contribution is 6.01. The number of fused-ring (bicyclic) bond motifs is 7. The fraction of sp³-hybridized carbons (Fsp3) is 0.741. The van der Waals surface area contributed by atoms with Crippen LogP contribution in [-0.2, 0) is 33.4 Å². The van der Waals surface area contributed by atoms with Crippen LogP contribution < -0.4 is 0 Å². The average molecular weight is 554 g/mol.